The highest BCUT2D eigenvalue weighted by atomic mass is 16.6. The lowest BCUT2D eigenvalue weighted by Crippen LogP contribution is -2.29. The molecule has 0 radical (unpaired) electrons. The number of esters is 1. The molecule has 0 aliphatic heterocycles. The van der Waals surface area contributed by atoms with Gasteiger partial charge in [-0.1, -0.05) is 64.5 Å². The van der Waals surface area contributed by atoms with Gasteiger partial charge in [0.2, 0.25) is 0 Å². The summed E-state index contributed by atoms with van der Waals surface area (Å²) in [6, 6.07) is 8.14. The van der Waals surface area contributed by atoms with Crippen molar-refractivity contribution in [1.82, 2.24) is 0 Å². The number of rotatable bonds is 13. The Morgan fingerprint density at radius 1 is 0.900 bits per heavy atom. The van der Waals surface area contributed by atoms with E-state index in [-0.39, 0.29) is 18.2 Å². The highest BCUT2D eigenvalue weighted by Crippen LogP contribution is 2.37. The Hall–Kier alpha value is -1.35. The van der Waals surface area contributed by atoms with Gasteiger partial charge in [0, 0.05) is 6.61 Å². The molecular formula is C27H44O3. The summed E-state index contributed by atoms with van der Waals surface area (Å²) in [4.78, 5) is 12.5. The maximum atomic E-state index is 12.5. The predicted octanol–water partition coefficient (Wildman–Crippen LogP) is 7.68. The molecule has 0 N–H and O–H groups in total. The first-order valence-electron chi connectivity index (χ1n) is 12.5. The summed E-state index contributed by atoms with van der Waals surface area (Å²) in [5.41, 5.74) is 2.01. The zero-order valence-corrected chi connectivity index (χ0v) is 19.8. The third kappa shape index (κ3) is 8.41. The van der Waals surface area contributed by atoms with E-state index in [0.29, 0.717) is 11.5 Å². The molecule has 170 valence electrons. The fourth-order valence-electron chi connectivity index (χ4n) is 4.45. The summed E-state index contributed by atoms with van der Waals surface area (Å²) in [6.07, 6.45) is 13.8. The molecule has 2 atom stereocenters. The number of hydrogen-bond acceptors (Lipinski definition) is 3. The van der Waals surface area contributed by atoms with Crippen LogP contribution in [-0.2, 0) is 9.47 Å². The smallest absolute Gasteiger partial charge is 0.338 e. The average Bonchev–Trinajstić information content (AvgIpc) is 2.77. The third-order valence-electron chi connectivity index (χ3n) is 6.76. The van der Waals surface area contributed by atoms with Crippen LogP contribution in [0.5, 0.6) is 0 Å². The van der Waals surface area contributed by atoms with Crippen molar-refractivity contribution in [2.24, 2.45) is 5.92 Å². The van der Waals surface area contributed by atoms with Gasteiger partial charge in [-0.05, 0) is 75.5 Å². The summed E-state index contributed by atoms with van der Waals surface area (Å²) in [7, 11) is 0. The van der Waals surface area contributed by atoms with Crippen LogP contribution in [0.2, 0.25) is 0 Å². The van der Waals surface area contributed by atoms with Gasteiger partial charge in [-0.2, -0.15) is 0 Å². The van der Waals surface area contributed by atoms with Crippen molar-refractivity contribution in [3.8, 4) is 0 Å². The maximum Gasteiger partial charge on any atom is 0.338 e. The van der Waals surface area contributed by atoms with Crippen molar-refractivity contribution in [1.29, 1.82) is 0 Å². The van der Waals surface area contributed by atoms with Gasteiger partial charge in [-0.15, -0.1) is 0 Å². The molecule has 1 fully saturated rings. The van der Waals surface area contributed by atoms with Crippen LogP contribution in [0.25, 0.3) is 0 Å². The van der Waals surface area contributed by atoms with Crippen molar-refractivity contribution < 1.29 is 14.3 Å². The molecule has 30 heavy (non-hydrogen) atoms. The lowest BCUT2D eigenvalue weighted by molar-refractivity contribution is -0.0385. The van der Waals surface area contributed by atoms with Crippen LogP contribution in [0, 0.1) is 5.92 Å². The summed E-state index contributed by atoms with van der Waals surface area (Å²) >= 11 is 0. The Morgan fingerprint density at radius 3 is 2.17 bits per heavy atom. The van der Waals surface area contributed by atoms with Gasteiger partial charge in [0.25, 0.3) is 0 Å². The Bertz CT molecular complexity index is 587. The van der Waals surface area contributed by atoms with E-state index in [1.165, 1.54) is 69.8 Å². The van der Waals surface area contributed by atoms with Crippen LogP contribution in [0.15, 0.2) is 24.3 Å². The van der Waals surface area contributed by atoms with Gasteiger partial charge in [-0.3, -0.25) is 0 Å². The number of unbranched alkanes of at least 4 members (excludes halogenated alkanes) is 4. The monoisotopic (exact) mass is 416 g/mol. The summed E-state index contributed by atoms with van der Waals surface area (Å²) < 4.78 is 11.4. The molecule has 0 amide bonds. The fourth-order valence-corrected chi connectivity index (χ4v) is 4.45. The minimum atomic E-state index is -0.252. The van der Waals surface area contributed by atoms with E-state index in [4.69, 9.17) is 9.47 Å². The molecule has 1 aromatic rings. The molecule has 0 aromatic heterocycles. The second-order valence-electron chi connectivity index (χ2n) is 9.23. The van der Waals surface area contributed by atoms with Gasteiger partial charge in [0.05, 0.1) is 11.7 Å². The molecule has 1 aliphatic carbocycles. The number of benzene rings is 1. The van der Waals surface area contributed by atoms with Crippen LogP contribution in [0.3, 0.4) is 0 Å². The number of carbonyl (C=O) groups excluding carboxylic acids is 1. The molecule has 0 heterocycles. The zero-order chi connectivity index (χ0) is 21.8. The van der Waals surface area contributed by atoms with Gasteiger partial charge >= 0.3 is 5.97 Å². The van der Waals surface area contributed by atoms with E-state index in [1.54, 1.807) is 0 Å². The van der Waals surface area contributed by atoms with Gasteiger partial charge in [0.1, 0.15) is 6.10 Å². The van der Waals surface area contributed by atoms with E-state index in [0.717, 1.165) is 18.9 Å². The second-order valence-corrected chi connectivity index (χ2v) is 9.23. The van der Waals surface area contributed by atoms with E-state index < -0.39 is 0 Å². The highest BCUT2D eigenvalue weighted by molar-refractivity contribution is 5.89. The predicted molar refractivity (Wildman–Crippen MR) is 125 cm³/mol. The minimum absolute atomic E-state index is 0.0856. The van der Waals surface area contributed by atoms with Crippen molar-refractivity contribution in [3.63, 3.8) is 0 Å². The molecule has 1 aliphatic rings. The van der Waals surface area contributed by atoms with Gasteiger partial charge < -0.3 is 9.47 Å². The molecule has 2 unspecified atom stereocenters. The number of hydrogen-bond donors (Lipinski definition) is 0. The van der Waals surface area contributed by atoms with Crippen molar-refractivity contribution in [2.75, 3.05) is 6.61 Å². The first kappa shape index (κ1) is 24.9. The Morgan fingerprint density at radius 2 is 1.53 bits per heavy atom. The highest BCUT2D eigenvalue weighted by Gasteiger charge is 2.23. The first-order chi connectivity index (χ1) is 14.5. The quantitative estimate of drug-likeness (QED) is 0.244. The summed E-state index contributed by atoms with van der Waals surface area (Å²) in [5, 5.41) is 0. The van der Waals surface area contributed by atoms with Crippen LogP contribution >= 0.6 is 0 Å². The van der Waals surface area contributed by atoms with Crippen LogP contribution in [-0.4, -0.2) is 24.8 Å². The molecule has 3 heteroatoms. The molecular weight excluding hydrogens is 372 g/mol. The SMILES string of the molecule is CCCCCOC(C)C(C)OC(=O)c1ccc([C@H]2CC[C@H](CCCCC)CC2)cc1. The topological polar surface area (TPSA) is 35.5 Å². The molecule has 1 aromatic carbocycles. The molecule has 3 nitrogen and oxygen atoms in total. The minimum Gasteiger partial charge on any atom is -0.456 e. The summed E-state index contributed by atoms with van der Waals surface area (Å²) in [6.45, 7) is 9.08. The fraction of sp³-hybridized carbons (Fsp3) is 0.741. The molecule has 1 saturated carbocycles. The van der Waals surface area contributed by atoms with Gasteiger partial charge in [0.15, 0.2) is 0 Å². The standard InChI is InChI=1S/C27H44O3/c1-5-7-9-11-23-12-14-24(15-13-23)25-16-18-26(19-17-25)27(28)30-22(4)21(3)29-20-10-8-6-2/h16-19,21-24H,5-15,20H2,1-4H3/t21?,22?,23-,24-. The zero-order valence-electron chi connectivity index (χ0n) is 19.8. The molecule has 0 spiro atoms. The van der Waals surface area contributed by atoms with E-state index in [9.17, 15) is 4.79 Å². The Labute approximate surface area is 184 Å². The van der Waals surface area contributed by atoms with Crippen LogP contribution < -0.4 is 0 Å². The average molecular weight is 417 g/mol. The van der Waals surface area contributed by atoms with Crippen LogP contribution in [0.1, 0.15) is 120 Å². The molecule has 0 bridgehead atoms. The Balaban J connectivity index is 1.76. The van der Waals surface area contributed by atoms with Crippen molar-refractivity contribution >= 4 is 5.97 Å². The second kappa shape index (κ2) is 13.9. The van der Waals surface area contributed by atoms with Gasteiger partial charge in [-0.25, -0.2) is 4.79 Å². The molecule has 2 rings (SSSR count). The normalized spacial score (nSPS) is 21.2. The first-order valence-corrected chi connectivity index (χ1v) is 12.5. The number of carbonyl (C=O) groups is 1. The van der Waals surface area contributed by atoms with Crippen LogP contribution in [0.4, 0.5) is 0 Å². The van der Waals surface area contributed by atoms with E-state index in [2.05, 4.69) is 26.0 Å². The summed E-state index contributed by atoms with van der Waals surface area (Å²) in [5.74, 6) is 1.32. The number of ether oxygens (including phenoxy) is 2. The van der Waals surface area contributed by atoms with E-state index in [1.807, 2.05) is 26.0 Å². The molecule has 0 saturated heterocycles. The largest absolute Gasteiger partial charge is 0.456 e. The Kier molecular flexibility index (Phi) is 11.5. The third-order valence-corrected chi connectivity index (χ3v) is 6.76. The van der Waals surface area contributed by atoms with Crippen molar-refractivity contribution in [3.05, 3.63) is 35.4 Å². The van der Waals surface area contributed by atoms with E-state index >= 15 is 0 Å². The maximum absolute atomic E-state index is 12.5. The lowest BCUT2D eigenvalue weighted by atomic mass is 9.77. The lowest BCUT2D eigenvalue weighted by Gasteiger charge is -2.29. The van der Waals surface area contributed by atoms with Crippen molar-refractivity contribution in [2.45, 2.75) is 116 Å².